The van der Waals surface area contributed by atoms with Crippen LogP contribution in [-0.2, 0) is 0 Å². The lowest BCUT2D eigenvalue weighted by atomic mass is 9.71. The Bertz CT molecular complexity index is 689. The van der Waals surface area contributed by atoms with Crippen LogP contribution in [0.2, 0.25) is 0 Å². The molecule has 1 atom stereocenters. The number of aliphatic hydroxyl groups excluding tert-OH is 2. The number of allylic oxidation sites excluding steroid dienone is 4. The fraction of sp³-hybridized carbons (Fsp3) is 0.600. The first-order valence-electron chi connectivity index (χ1n) is 10.7. The number of rotatable bonds is 10. The van der Waals surface area contributed by atoms with Gasteiger partial charge in [0.1, 0.15) is 0 Å². The van der Waals surface area contributed by atoms with Gasteiger partial charge in [-0.05, 0) is 82.3 Å². The maximum Gasteiger partial charge on any atom is 0.0960 e. The van der Waals surface area contributed by atoms with Crippen molar-refractivity contribution in [3.63, 3.8) is 0 Å². The van der Waals surface area contributed by atoms with E-state index in [1.54, 1.807) is 29.7 Å². The van der Waals surface area contributed by atoms with Gasteiger partial charge in [-0.3, -0.25) is 0 Å². The Labute approximate surface area is 170 Å². The van der Waals surface area contributed by atoms with Gasteiger partial charge in [0, 0.05) is 5.56 Å². The van der Waals surface area contributed by atoms with Crippen LogP contribution >= 0.6 is 0 Å². The zero-order valence-electron chi connectivity index (χ0n) is 18.1. The normalized spacial score (nSPS) is 19.2. The SMILES string of the molecule is CC1=C(CC/C(C)=C/CC/C(=C\CC(O)c2ccoc2)CO)C(C)(C)CCC1. The third-order valence-electron chi connectivity index (χ3n) is 6.17. The Hall–Kier alpha value is -1.58. The summed E-state index contributed by atoms with van der Waals surface area (Å²) >= 11 is 0. The van der Waals surface area contributed by atoms with Gasteiger partial charge in [0.05, 0.1) is 25.2 Å². The summed E-state index contributed by atoms with van der Waals surface area (Å²) in [6.45, 7) is 9.36. The molecule has 0 aromatic carbocycles. The summed E-state index contributed by atoms with van der Waals surface area (Å²) in [4.78, 5) is 0. The summed E-state index contributed by atoms with van der Waals surface area (Å²) in [7, 11) is 0. The van der Waals surface area contributed by atoms with Crippen molar-refractivity contribution in [1.82, 2.24) is 0 Å². The van der Waals surface area contributed by atoms with Crippen molar-refractivity contribution < 1.29 is 14.6 Å². The smallest absolute Gasteiger partial charge is 0.0960 e. The second-order valence-electron chi connectivity index (χ2n) is 8.91. The highest BCUT2D eigenvalue weighted by Crippen LogP contribution is 2.42. The van der Waals surface area contributed by atoms with Crippen molar-refractivity contribution in [2.75, 3.05) is 6.61 Å². The number of hydrogen-bond donors (Lipinski definition) is 2. The van der Waals surface area contributed by atoms with E-state index in [9.17, 15) is 10.2 Å². The number of hydrogen-bond acceptors (Lipinski definition) is 3. The monoisotopic (exact) mass is 386 g/mol. The lowest BCUT2D eigenvalue weighted by molar-refractivity contribution is 0.180. The first-order chi connectivity index (χ1) is 13.3. The van der Waals surface area contributed by atoms with Gasteiger partial charge in [-0.25, -0.2) is 0 Å². The Morgan fingerprint density at radius 3 is 2.71 bits per heavy atom. The maximum atomic E-state index is 10.1. The predicted octanol–water partition coefficient (Wildman–Crippen LogP) is 6.66. The van der Waals surface area contributed by atoms with Gasteiger partial charge >= 0.3 is 0 Å². The summed E-state index contributed by atoms with van der Waals surface area (Å²) in [5.74, 6) is 0. The van der Waals surface area contributed by atoms with Gasteiger partial charge in [-0.1, -0.05) is 42.7 Å². The average molecular weight is 387 g/mol. The molecule has 1 aliphatic carbocycles. The van der Waals surface area contributed by atoms with E-state index >= 15 is 0 Å². The summed E-state index contributed by atoms with van der Waals surface area (Å²) in [5.41, 5.74) is 6.81. The molecule has 3 nitrogen and oxygen atoms in total. The van der Waals surface area contributed by atoms with Crippen LogP contribution in [0.5, 0.6) is 0 Å². The highest BCUT2D eigenvalue weighted by molar-refractivity contribution is 5.23. The minimum atomic E-state index is -0.576. The summed E-state index contributed by atoms with van der Waals surface area (Å²) in [6.07, 6.45) is 15.3. The molecule has 0 amide bonds. The van der Waals surface area contributed by atoms with Gasteiger partial charge in [-0.2, -0.15) is 0 Å². The fourth-order valence-corrected chi connectivity index (χ4v) is 4.28. The molecule has 28 heavy (non-hydrogen) atoms. The minimum Gasteiger partial charge on any atom is -0.472 e. The molecule has 1 unspecified atom stereocenters. The van der Waals surface area contributed by atoms with E-state index < -0.39 is 6.10 Å². The van der Waals surface area contributed by atoms with Crippen LogP contribution in [0.1, 0.15) is 90.7 Å². The number of aliphatic hydroxyl groups is 2. The Morgan fingerprint density at radius 1 is 1.29 bits per heavy atom. The molecule has 1 aromatic heterocycles. The second-order valence-corrected chi connectivity index (χ2v) is 8.91. The van der Waals surface area contributed by atoms with E-state index in [-0.39, 0.29) is 6.61 Å². The van der Waals surface area contributed by atoms with E-state index in [0.717, 1.165) is 30.4 Å². The van der Waals surface area contributed by atoms with Crippen molar-refractivity contribution in [1.29, 1.82) is 0 Å². The van der Waals surface area contributed by atoms with E-state index in [0.29, 0.717) is 11.8 Å². The Kier molecular flexibility index (Phi) is 8.78. The van der Waals surface area contributed by atoms with Gasteiger partial charge in [0.25, 0.3) is 0 Å². The molecule has 1 heterocycles. The molecule has 0 saturated carbocycles. The Morgan fingerprint density at radius 2 is 2.07 bits per heavy atom. The molecular formula is C25H38O3. The first kappa shape index (κ1) is 22.7. The van der Waals surface area contributed by atoms with Crippen LogP contribution in [0.15, 0.2) is 57.5 Å². The maximum absolute atomic E-state index is 10.1. The van der Waals surface area contributed by atoms with Crippen LogP contribution in [-0.4, -0.2) is 16.8 Å². The molecular weight excluding hydrogens is 348 g/mol. The fourth-order valence-electron chi connectivity index (χ4n) is 4.28. The van der Waals surface area contributed by atoms with Crippen LogP contribution < -0.4 is 0 Å². The molecule has 0 fully saturated rings. The van der Waals surface area contributed by atoms with E-state index in [1.165, 1.54) is 31.3 Å². The molecule has 1 aliphatic rings. The third-order valence-corrected chi connectivity index (χ3v) is 6.17. The van der Waals surface area contributed by atoms with E-state index in [4.69, 9.17) is 4.42 Å². The second kappa shape index (κ2) is 10.8. The van der Waals surface area contributed by atoms with Crippen molar-refractivity contribution in [3.8, 4) is 0 Å². The molecule has 156 valence electrons. The highest BCUT2D eigenvalue weighted by Gasteiger charge is 2.27. The molecule has 0 spiro atoms. The van der Waals surface area contributed by atoms with Crippen molar-refractivity contribution in [2.45, 2.75) is 85.2 Å². The summed E-state index contributed by atoms with van der Waals surface area (Å²) < 4.78 is 5.01. The standard InChI is InChI=1S/C25H38O3/c1-19(10-12-23-20(2)8-6-15-25(23,3)4)7-5-9-21(17-26)11-13-24(27)22-14-16-28-18-22/h7,11,14,16,18,24,26-27H,5-6,8-10,12-13,15,17H2,1-4H3/b19-7+,21-11+. The molecule has 2 rings (SSSR count). The topological polar surface area (TPSA) is 53.6 Å². The molecule has 3 heteroatoms. The van der Waals surface area contributed by atoms with Crippen molar-refractivity contribution >= 4 is 0 Å². The number of furan rings is 1. The molecule has 1 aromatic rings. The highest BCUT2D eigenvalue weighted by atomic mass is 16.3. The molecule has 0 aliphatic heterocycles. The summed E-state index contributed by atoms with van der Waals surface area (Å²) in [5, 5.41) is 19.7. The minimum absolute atomic E-state index is 0.0469. The van der Waals surface area contributed by atoms with Crippen molar-refractivity contribution in [2.24, 2.45) is 5.41 Å². The van der Waals surface area contributed by atoms with Crippen LogP contribution in [0, 0.1) is 5.41 Å². The first-order valence-corrected chi connectivity index (χ1v) is 10.7. The van der Waals surface area contributed by atoms with Crippen LogP contribution in [0.25, 0.3) is 0 Å². The predicted molar refractivity (Wildman–Crippen MR) is 116 cm³/mol. The van der Waals surface area contributed by atoms with Gasteiger partial charge in [0.2, 0.25) is 0 Å². The van der Waals surface area contributed by atoms with Crippen molar-refractivity contribution in [3.05, 3.63) is 58.6 Å². The Balaban J connectivity index is 1.80. The van der Waals surface area contributed by atoms with E-state index in [2.05, 4.69) is 33.8 Å². The van der Waals surface area contributed by atoms with Crippen LogP contribution in [0.4, 0.5) is 0 Å². The molecule has 0 saturated heterocycles. The van der Waals surface area contributed by atoms with E-state index in [1.807, 2.05) is 6.08 Å². The average Bonchev–Trinajstić information content (AvgIpc) is 3.18. The third kappa shape index (κ3) is 6.79. The van der Waals surface area contributed by atoms with Gasteiger partial charge < -0.3 is 14.6 Å². The lowest BCUT2D eigenvalue weighted by Gasteiger charge is -2.35. The molecule has 2 N–H and O–H groups in total. The van der Waals surface area contributed by atoms with Gasteiger partial charge in [-0.15, -0.1) is 0 Å². The zero-order valence-corrected chi connectivity index (χ0v) is 18.1. The quantitative estimate of drug-likeness (QED) is 0.442. The molecule has 0 radical (unpaired) electrons. The molecule has 0 bridgehead atoms. The largest absolute Gasteiger partial charge is 0.472 e. The van der Waals surface area contributed by atoms with Gasteiger partial charge in [0.15, 0.2) is 0 Å². The zero-order chi connectivity index (χ0) is 20.6. The van der Waals surface area contributed by atoms with Crippen LogP contribution in [0.3, 0.4) is 0 Å². The lowest BCUT2D eigenvalue weighted by Crippen LogP contribution is -2.20. The summed E-state index contributed by atoms with van der Waals surface area (Å²) in [6, 6.07) is 1.77.